The smallest absolute Gasteiger partial charge is 0.329 e. The van der Waals surface area contributed by atoms with E-state index in [4.69, 9.17) is 9.15 Å². The van der Waals surface area contributed by atoms with Crippen molar-refractivity contribution in [3.8, 4) is 0 Å². The van der Waals surface area contributed by atoms with E-state index < -0.39 is 41.9 Å². The van der Waals surface area contributed by atoms with Gasteiger partial charge in [-0.25, -0.2) is 9.78 Å². The second-order valence-corrected chi connectivity index (χ2v) is 11.6. The van der Waals surface area contributed by atoms with Crippen LogP contribution in [-0.2, 0) is 23.9 Å². The minimum atomic E-state index is -0.901. The van der Waals surface area contributed by atoms with Crippen LogP contribution in [0.1, 0.15) is 93.3 Å². The highest BCUT2D eigenvalue weighted by Crippen LogP contribution is 2.24. The zero-order chi connectivity index (χ0) is 30.0. The highest BCUT2D eigenvalue weighted by molar-refractivity contribution is 6.01. The molecule has 2 rings (SSSR count). The van der Waals surface area contributed by atoms with Crippen molar-refractivity contribution in [3.05, 3.63) is 35.6 Å². The Morgan fingerprint density at radius 3 is 2.23 bits per heavy atom. The van der Waals surface area contributed by atoms with E-state index in [-0.39, 0.29) is 30.0 Å². The summed E-state index contributed by atoms with van der Waals surface area (Å²) in [4.78, 5) is 56.6. The Morgan fingerprint density at radius 1 is 1.00 bits per heavy atom. The van der Waals surface area contributed by atoms with Gasteiger partial charge >= 0.3 is 5.97 Å². The first-order valence-corrected chi connectivity index (χ1v) is 14.4. The fraction of sp³-hybridized carbons (Fsp3) is 0.645. The number of hydrogen-bond donors (Lipinski definition) is 2. The molecule has 2 N–H and O–H groups in total. The lowest BCUT2D eigenvalue weighted by Crippen LogP contribution is -2.57. The fourth-order valence-electron chi connectivity index (χ4n) is 4.95. The number of nitrogens with one attached hydrogen (secondary N) is 2. The first-order chi connectivity index (χ1) is 18.9. The molecule has 1 fully saturated rings. The Morgan fingerprint density at radius 2 is 1.62 bits per heavy atom. The van der Waals surface area contributed by atoms with Gasteiger partial charge in [0.15, 0.2) is 6.39 Å². The van der Waals surface area contributed by atoms with Crippen LogP contribution in [0.25, 0.3) is 6.08 Å². The summed E-state index contributed by atoms with van der Waals surface area (Å²) in [5, 5.41) is 5.58. The third-order valence-corrected chi connectivity index (χ3v) is 7.79. The molecule has 40 heavy (non-hydrogen) atoms. The second kappa shape index (κ2) is 15.5. The normalized spacial score (nSPS) is 26.1. The molecule has 0 aliphatic carbocycles. The lowest BCUT2D eigenvalue weighted by molar-refractivity contribution is -0.156. The number of ether oxygens (including phenoxy) is 1. The molecule has 222 valence electrons. The first kappa shape index (κ1) is 33.0. The molecule has 0 bridgehead atoms. The predicted molar refractivity (Wildman–Crippen MR) is 154 cm³/mol. The molecule has 7 atom stereocenters. The molecule has 0 spiro atoms. The molecule has 2 amide bonds. The van der Waals surface area contributed by atoms with Crippen molar-refractivity contribution in [2.24, 2.45) is 23.7 Å². The van der Waals surface area contributed by atoms with E-state index in [1.54, 1.807) is 13.1 Å². The van der Waals surface area contributed by atoms with Gasteiger partial charge in [0.2, 0.25) is 11.8 Å². The molecule has 0 saturated carbocycles. The Balaban J connectivity index is 2.30. The van der Waals surface area contributed by atoms with E-state index in [2.05, 4.69) is 22.5 Å². The fourth-order valence-corrected chi connectivity index (χ4v) is 4.95. The van der Waals surface area contributed by atoms with Gasteiger partial charge in [-0.1, -0.05) is 65.5 Å². The third kappa shape index (κ3) is 9.75. The number of amides is 2. The van der Waals surface area contributed by atoms with Gasteiger partial charge in [-0.15, -0.1) is 0 Å². The molecule has 0 radical (unpaired) electrons. The van der Waals surface area contributed by atoms with Gasteiger partial charge in [0.25, 0.3) is 0 Å². The highest BCUT2D eigenvalue weighted by atomic mass is 16.5. The Hall–Kier alpha value is -3.23. The van der Waals surface area contributed by atoms with Crippen molar-refractivity contribution in [1.29, 1.82) is 0 Å². The number of rotatable bonds is 10. The van der Waals surface area contributed by atoms with Crippen molar-refractivity contribution >= 4 is 29.6 Å². The number of oxazole rings is 1. The van der Waals surface area contributed by atoms with Crippen LogP contribution in [0.2, 0.25) is 0 Å². The summed E-state index contributed by atoms with van der Waals surface area (Å²) in [5.41, 5.74) is 2.11. The van der Waals surface area contributed by atoms with Crippen molar-refractivity contribution in [1.82, 2.24) is 15.6 Å². The maximum absolute atomic E-state index is 13.5. The average Bonchev–Trinajstić information content (AvgIpc) is 3.40. The lowest BCUT2D eigenvalue weighted by Gasteiger charge is -2.31. The summed E-state index contributed by atoms with van der Waals surface area (Å²) in [6, 6.07) is -1.75. The van der Waals surface area contributed by atoms with Crippen LogP contribution in [0.3, 0.4) is 0 Å². The minimum absolute atomic E-state index is 0.178. The number of ketones is 1. The maximum atomic E-state index is 13.5. The number of allylic oxidation sites excluding steroid dienone is 2. The summed E-state index contributed by atoms with van der Waals surface area (Å²) in [6.45, 7) is 15.4. The molecule has 1 aromatic rings. The van der Waals surface area contributed by atoms with Crippen LogP contribution in [-0.4, -0.2) is 46.7 Å². The second-order valence-electron chi connectivity index (χ2n) is 11.6. The van der Waals surface area contributed by atoms with Gasteiger partial charge in [0.1, 0.15) is 29.7 Å². The Labute approximate surface area is 238 Å². The molecular formula is C31H47N3O6. The molecule has 1 saturated heterocycles. The van der Waals surface area contributed by atoms with E-state index in [0.29, 0.717) is 18.6 Å². The van der Waals surface area contributed by atoms with Gasteiger partial charge in [-0.05, 0) is 56.6 Å². The average molecular weight is 558 g/mol. The SMILES string of the molecule is CC[C@@H](C)[C@H]1NC(=O)CC(=O)[C@H](C)[C@H](C=C(C)C[C@H](C)CC(C)=Cc2cnco2)OC(=O)[C@H]([C@@H](C)CC)NC1=O. The summed E-state index contributed by atoms with van der Waals surface area (Å²) in [7, 11) is 0. The number of nitrogens with zero attached hydrogens (tertiary/aromatic N) is 1. The first-order valence-electron chi connectivity index (χ1n) is 14.4. The maximum Gasteiger partial charge on any atom is 0.329 e. The number of cyclic esters (lactones) is 1. The van der Waals surface area contributed by atoms with Crippen LogP contribution >= 0.6 is 0 Å². The van der Waals surface area contributed by atoms with Gasteiger partial charge in [0.05, 0.1) is 18.5 Å². The van der Waals surface area contributed by atoms with Crippen LogP contribution in [0.4, 0.5) is 0 Å². The van der Waals surface area contributed by atoms with Gasteiger partial charge in [-0.3, -0.25) is 14.4 Å². The standard InChI is InChI=1S/C31H47N3O6/c1-9-21(6)28-30(37)34-29(22(7)10-2)31(38)40-26(23(8)25(35)15-27(36)33-28)14-20(5)12-18(3)11-19(4)13-24-16-32-17-39-24/h13-14,16-18,21-23,26,28-29H,9-12,15H2,1-8H3,(H,33,36)(H,34,37)/t18-,21-,22+,23+,26+,28-,29+/m1/s1. The molecule has 1 aliphatic rings. The Bertz CT molecular complexity index is 1080. The topological polar surface area (TPSA) is 128 Å². The van der Waals surface area contributed by atoms with Gasteiger partial charge in [0, 0.05) is 0 Å². The van der Waals surface area contributed by atoms with Crippen molar-refractivity contribution in [2.75, 3.05) is 0 Å². The lowest BCUT2D eigenvalue weighted by atomic mass is 9.90. The van der Waals surface area contributed by atoms with E-state index >= 15 is 0 Å². The van der Waals surface area contributed by atoms with Gasteiger partial charge in [-0.2, -0.15) is 0 Å². The predicted octanol–water partition coefficient (Wildman–Crippen LogP) is 5.02. The molecule has 1 aromatic heterocycles. The van der Waals surface area contributed by atoms with E-state index in [1.807, 2.05) is 53.7 Å². The molecule has 0 aromatic carbocycles. The summed E-state index contributed by atoms with van der Waals surface area (Å²) >= 11 is 0. The summed E-state index contributed by atoms with van der Waals surface area (Å²) < 4.78 is 11.2. The molecule has 2 heterocycles. The number of carbonyl (C=O) groups excluding carboxylic acids is 4. The summed E-state index contributed by atoms with van der Waals surface area (Å²) in [6.07, 6.45) is 8.39. The van der Waals surface area contributed by atoms with Crippen LogP contribution in [0.15, 0.2) is 34.2 Å². The minimum Gasteiger partial charge on any atom is -0.456 e. The van der Waals surface area contributed by atoms with E-state index in [9.17, 15) is 19.2 Å². The molecule has 9 heteroatoms. The Kier molecular flexibility index (Phi) is 12.8. The number of aromatic nitrogens is 1. The van der Waals surface area contributed by atoms with Crippen LogP contribution < -0.4 is 10.6 Å². The molecule has 1 aliphatic heterocycles. The number of Topliss-reactive ketones (excluding diaryl/α,β-unsaturated/α-hetero) is 1. The van der Waals surface area contributed by atoms with Crippen molar-refractivity contribution in [3.63, 3.8) is 0 Å². The van der Waals surface area contributed by atoms with Gasteiger partial charge < -0.3 is 19.8 Å². The molecule has 0 unspecified atom stereocenters. The monoisotopic (exact) mass is 557 g/mol. The quantitative estimate of drug-likeness (QED) is 0.235. The largest absolute Gasteiger partial charge is 0.456 e. The van der Waals surface area contributed by atoms with Crippen molar-refractivity contribution in [2.45, 2.75) is 106 Å². The van der Waals surface area contributed by atoms with Crippen LogP contribution in [0.5, 0.6) is 0 Å². The number of carbonyl (C=O) groups is 4. The van der Waals surface area contributed by atoms with Crippen molar-refractivity contribution < 1.29 is 28.3 Å². The van der Waals surface area contributed by atoms with E-state index in [1.165, 1.54) is 6.39 Å². The molecule has 9 nitrogen and oxygen atoms in total. The zero-order valence-corrected chi connectivity index (χ0v) is 25.3. The zero-order valence-electron chi connectivity index (χ0n) is 25.3. The highest BCUT2D eigenvalue weighted by Gasteiger charge is 2.37. The summed E-state index contributed by atoms with van der Waals surface area (Å²) in [5.74, 6) is -2.02. The van der Waals surface area contributed by atoms with E-state index in [0.717, 1.165) is 24.0 Å². The van der Waals surface area contributed by atoms with Crippen LogP contribution in [0, 0.1) is 23.7 Å². The third-order valence-electron chi connectivity index (χ3n) is 7.79. The number of esters is 1. The number of hydrogen-bond acceptors (Lipinski definition) is 7. The molecular weight excluding hydrogens is 510 g/mol.